The lowest BCUT2D eigenvalue weighted by molar-refractivity contribution is -0.268. The predicted molar refractivity (Wildman–Crippen MR) is 162 cm³/mol. The van der Waals surface area contributed by atoms with Crippen molar-refractivity contribution in [1.29, 1.82) is 0 Å². The van der Waals surface area contributed by atoms with Gasteiger partial charge in [0.15, 0.2) is 11.4 Å². The van der Waals surface area contributed by atoms with Crippen molar-refractivity contribution in [1.82, 2.24) is 20.2 Å². The number of amides is 2. The maximum Gasteiger partial charge on any atom is 0.220 e. The van der Waals surface area contributed by atoms with Gasteiger partial charge in [0, 0.05) is 63.1 Å². The van der Waals surface area contributed by atoms with E-state index in [9.17, 15) is 14.7 Å². The molecule has 0 saturated carbocycles. The molecular weight excluding hydrogens is 552 g/mol. The van der Waals surface area contributed by atoms with Crippen LogP contribution in [0.4, 0.5) is 0 Å². The summed E-state index contributed by atoms with van der Waals surface area (Å²) in [6, 6.07) is 15.9. The molecule has 2 heterocycles. The average Bonchev–Trinajstić information content (AvgIpc) is 3.41. The lowest BCUT2D eigenvalue weighted by Gasteiger charge is -2.41. The number of ether oxygens (including phenoxy) is 2. The zero-order chi connectivity index (χ0) is 29.9. The molecule has 1 aliphatic rings. The molecule has 0 aliphatic carbocycles. The van der Waals surface area contributed by atoms with E-state index in [2.05, 4.69) is 22.5 Å². The van der Waals surface area contributed by atoms with Crippen LogP contribution in [0.2, 0.25) is 0 Å². The van der Waals surface area contributed by atoms with Crippen LogP contribution in [-0.4, -0.2) is 44.9 Å². The maximum absolute atomic E-state index is 12.3. The van der Waals surface area contributed by atoms with Gasteiger partial charge in [-0.15, -0.1) is 0 Å². The first-order valence-corrected chi connectivity index (χ1v) is 15.5. The zero-order valence-corrected chi connectivity index (χ0v) is 25.4. The molecule has 9 nitrogen and oxygen atoms in total. The average molecular weight is 595 g/mol. The van der Waals surface area contributed by atoms with E-state index in [4.69, 9.17) is 9.47 Å². The summed E-state index contributed by atoms with van der Waals surface area (Å²) in [7, 11) is 1.98. The van der Waals surface area contributed by atoms with Gasteiger partial charge in [0.1, 0.15) is 0 Å². The highest BCUT2D eigenvalue weighted by Crippen LogP contribution is 2.42. The fraction of sp³-hybridized carbons (Fsp3) is 0.469. The predicted octanol–water partition coefficient (Wildman–Crippen LogP) is 4.81. The first kappa shape index (κ1) is 31.7. The number of hydrogen-bond donors (Lipinski definition) is 3. The first-order valence-electron chi connectivity index (χ1n) is 14.5. The maximum atomic E-state index is 12.3. The summed E-state index contributed by atoms with van der Waals surface area (Å²) < 4.78 is 15.1. The quantitative estimate of drug-likeness (QED) is 0.181. The standard InChI is InChI=1S/C32H42N4O5S/c1-22-28(21-42-32-34-17-18-36(32)3)40-31(41-30(22)26-12-10-25(20-37)11-13-26)27-14-8-24(9-15-27)19-35-29(39)7-5-4-6-16-33-23(2)38/h8-15,17-18,22,28,30-31,37H,4-7,16,19-21H2,1-3H3,(H,33,38)(H,35,39)/t22-,28+,30+,31+/m0/s1. The van der Waals surface area contributed by atoms with Crippen molar-refractivity contribution in [3.63, 3.8) is 0 Å². The van der Waals surface area contributed by atoms with Gasteiger partial charge in [-0.25, -0.2) is 4.98 Å². The van der Waals surface area contributed by atoms with Gasteiger partial charge in [0.05, 0.1) is 18.8 Å². The molecule has 0 radical (unpaired) electrons. The highest BCUT2D eigenvalue weighted by atomic mass is 32.2. The van der Waals surface area contributed by atoms with E-state index in [1.807, 2.05) is 66.3 Å². The Labute approximate surface area is 252 Å². The third kappa shape index (κ3) is 9.16. The highest BCUT2D eigenvalue weighted by Gasteiger charge is 2.38. The molecule has 1 fully saturated rings. The minimum Gasteiger partial charge on any atom is -0.392 e. The zero-order valence-electron chi connectivity index (χ0n) is 24.6. The summed E-state index contributed by atoms with van der Waals surface area (Å²) in [5.74, 6) is 0.820. The fourth-order valence-electron chi connectivity index (χ4n) is 4.89. The highest BCUT2D eigenvalue weighted by molar-refractivity contribution is 7.99. The largest absolute Gasteiger partial charge is 0.392 e. The molecule has 1 saturated heterocycles. The number of imidazole rings is 1. The van der Waals surface area contributed by atoms with Crippen molar-refractivity contribution in [3.05, 3.63) is 83.2 Å². The van der Waals surface area contributed by atoms with Crippen LogP contribution in [0, 0.1) is 5.92 Å². The number of aliphatic hydroxyl groups excluding tert-OH is 1. The number of carbonyl (C=O) groups is 2. The van der Waals surface area contributed by atoms with Gasteiger partial charge < -0.3 is 29.8 Å². The van der Waals surface area contributed by atoms with Crippen LogP contribution in [0.5, 0.6) is 0 Å². The van der Waals surface area contributed by atoms with Crippen LogP contribution < -0.4 is 10.6 Å². The van der Waals surface area contributed by atoms with E-state index in [0.717, 1.165) is 52.4 Å². The number of nitrogens with one attached hydrogen (secondary N) is 2. The number of aryl methyl sites for hydroxylation is 1. The molecule has 3 N–H and O–H groups in total. The number of rotatable bonds is 14. The molecule has 0 unspecified atom stereocenters. The Morgan fingerprint density at radius 1 is 0.976 bits per heavy atom. The second-order valence-corrected chi connectivity index (χ2v) is 11.8. The van der Waals surface area contributed by atoms with Gasteiger partial charge in [0.25, 0.3) is 0 Å². The number of hydrogen-bond acceptors (Lipinski definition) is 7. The number of nitrogens with zero attached hydrogens (tertiary/aromatic N) is 2. The Hall–Kier alpha value is -3.18. The third-order valence-corrected chi connectivity index (χ3v) is 8.62. The van der Waals surface area contributed by atoms with Crippen molar-refractivity contribution in [2.75, 3.05) is 12.3 Å². The Morgan fingerprint density at radius 3 is 2.36 bits per heavy atom. The van der Waals surface area contributed by atoms with Crippen LogP contribution in [0.25, 0.3) is 0 Å². The molecule has 3 aromatic rings. The Balaban J connectivity index is 1.36. The second kappa shape index (κ2) is 15.9. The monoisotopic (exact) mass is 594 g/mol. The van der Waals surface area contributed by atoms with Crippen LogP contribution in [0.15, 0.2) is 66.1 Å². The lowest BCUT2D eigenvalue weighted by Crippen LogP contribution is -2.38. The van der Waals surface area contributed by atoms with Gasteiger partial charge in [-0.05, 0) is 29.5 Å². The molecule has 4 atom stereocenters. The topological polar surface area (TPSA) is 115 Å². The summed E-state index contributed by atoms with van der Waals surface area (Å²) in [6.07, 6.45) is 5.96. The summed E-state index contributed by atoms with van der Waals surface area (Å²) in [5.41, 5.74) is 3.83. The number of thioether (sulfide) groups is 1. The van der Waals surface area contributed by atoms with Crippen molar-refractivity contribution < 1.29 is 24.2 Å². The number of benzene rings is 2. The van der Waals surface area contributed by atoms with Crippen LogP contribution >= 0.6 is 11.8 Å². The Bertz CT molecular complexity index is 1280. The minimum absolute atomic E-state index is 0.00274. The lowest BCUT2D eigenvalue weighted by atomic mass is 9.91. The first-order chi connectivity index (χ1) is 20.3. The van der Waals surface area contributed by atoms with Crippen molar-refractivity contribution in [2.45, 2.75) is 76.3 Å². The van der Waals surface area contributed by atoms with Crippen LogP contribution in [-0.2, 0) is 39.3 Å². The molecule has 2 aromatic carbocycles. The molecule has 0 bridgehead atoms. The summed E-state index contributed by atoms with van der Waals surface area (Å²) in [4.78, 5) is 27.6. The number of aliphatic hydroxyl groups is 1. The molecule has 42 heavy (non-hydrogen) atoms. The number of unbranched alkanes of at least 4 members (excludes halogenated alkanes) is 2. The van der Waals surface area contributed by atoms with Gasteiger partial charge in [-0.3, -0.25) is 9.59 Å². The fourth-order valence-corrected chi connectivity index (χ4v) is 5.99. The summed E-state index contributed by atoms with van der Waals surface area (Å²) >= 11 is 1.67. The van der Waals surface area contributed by atoms with Gasteiger partial charge in [-0.1, -0.05) is 73.6 Å². The van der Waals surface area contributed by atoms with Crippen molar-refractivity contribution in [3.8, 4) is 0 Å². The molecule has 10 heteroatoms. The number of carbonyl (C=O) groups excluding carboxylic acids is 2. The molecule has 0 spiro atoms. The minimum atomic E-state index is -0.545. The molecule has 4 rings (SSSR count). The van der Waals surface area contributed by atoms with Gasteiger partial charge >= 0.3 is 0 Å². The summed E-state index contributed by atoms with van der Waals surface area (Å²) in [5, 5.41) is 16.2. The number of aromatic nitrogens is 2. The normalized spacial score (nSPS) is 20.3. The molecule has 1 aromatic heterocycles. The Kier molecular flexibility index (Phi) is 12.0. The third-order valence-electron chi connectivity index (χ3n) is 7.47. The molecule has 1 aliphatic heterocycles. The summed E-state index contributed by atoms with van der Waals surface area (Å²) in [6.45, 7) is 4.77. The van der Waals surface area contributed by atoms with Crippen LogP contribution in [0.1, 0.15) is 74.2 Å². The van der Waals surface area contributed by atoms with E-state index >= 15 is 0 Å². The van der Waals surface area contributed by atoms with E-state index in [0.29, 0.717) is 19.5 Å². The smallest absolute Gasteiger partial charge is 0.220 e. The SMILES string of the molecule is CC(=O)NCCCCCC(=O)NCc1ccc([C@@H]2O[C@H](CSc3nccn3C)[C@H](C)[C@H](c3ccc(CO)cc3)O2)cc1. The van der Waals surface area contributed by atoms with Crippen LogP contribution in [0.3, 0.4) is 0 Å². The van der Waals surface area contributed by atoms with E-state index in [1.54, 1.807) is 18.0 Å². The Morgan fingerprint density at radius 2 is 1.69 bits per heavy atom. The van der Waals surface area contributed by atoms with E-state index < -0.39 is 6.29 Å². The van der Waals surface area contributed by atoms with E-state index in [-0.39, 0.29) is 36.5 Å². The van der Waals surface area contributed by atoms with Gasteiger partial charge in [0.2, 0.25) is 11.8 Å². The molecular formula is C32H42N4O5S. The van der Waals surface area contributed by atoms with Crippen molar-refractivity contribution >= 4 is 23.6 Å². The second-order valence-electron chi connectivity index (χ2n) is 10.8. The molecule has 2 amide bonds. The van der Waals surface area contributed by atoms with E-state index in [1.165, 1.54) is 6.92 Å². The molecule has 226 valence electrons. The van der Waals surface area contributed by atoms with Crippen molar-refractivity contribution in [2.24, 2.45) is 13.0 Å². The van der Waals surface area contributed by atoms with Gasteiger partial charge in [-0.2, -0.15) is 0 Å².